The van der Waals surface area contributed by atoms with Gasteiger partial charge in [0, 0.05) is 18.0 Å². The van der Waals surface area contributed by atoms with Crippen molar-refractivity contribution in [2.24, 2.45) is 5.18 Å². The first kappa shape index (κ1) is 7.94. The van der Waals surface area contributed by atoms with Gasteiger partial charge in [-0.15, -0.1) is 4.91 Å². The molecule has 0 rings (SSSR count). The van der Waals surface area contributed by atoms with Gasteiger partial charge >= 0.3 is 0 Å². The van der Waals surface area contributed by atoms with Crippen molar-refractivity contribution in [3.63, 3.8) is 0 Å². The average molecular weight is 129 g/mol. The maximum atomic E-state index is 10.2. The summed E-state index contributed by atoms with van der Waals surface area (Å²) in [6.45, 7) is 1.36. The molecule has 0 fully saturated rings. The van der Waals surface area contributed by atoms with Crippen molar-refractivity contribution in [2.75, 3.05) is 0 Å². The van der Waals surface area contributed by atoms with Gasteiger partial charge in [0.15, 0.2) is 0 Å². The molecule has 0 bridgehead atoms. The summed E-state index contributed by atoms with van der Waals surface area (Å²) in [4.78, 5) is 29.7. The summed E-state index contributed by atoms with van der Waals surface area (Å²) >= 11 is 0. The summed E-state index contributed by atoms with van der Waals surface area (Å²) in [5.41, 5.74) is 0. The zero-order valence-electron chi connectivity index (χ0n) is 5.09. The Morgan fingerprint density at radius 2 is 1.89 bits per heavy atom. The normalized spacial score (nSPS) is 8.56. The number of nitrogens with zero attached hydrogens (tertiary/aromatic N) is 1. The first-order chi connectivity index (χ1) is 4.16. The van der Waals surface area contributed by atoms with Crippen molar-refractivity contribution in [3.8, 4) is 0 Å². The van der Waals surface area contributed by atoms with Crippen LogP contribution in [-0.2, 0) is 9.59 Å². The highest BCUT2D eigenvalue weighted by Gasteiger charge is 2.01. The van der Waals surface area contributed by atoms with E-state index in [9.17, 15) is 14.5 Å². The van der Waals surface area contributed by atoms with Crippen LogP contribution in [0.5, 0.6) is 0 Å². The Hall–Kier alpha value is -1.06. The number of hydrogen-bond donors (Lipinski definition) is 0. The Labute approximate surface area is 52.2 Å². The minimum Gasteiger partial charge on any atom is -0.300 e. The summed E-state index contributed by atoms with van der Waals surface area (Å²) in [5.74, 6) is -0.864. The molecule has 4 nitrogen and oxygen atoms in total. The highest BCUT2D eigenvalue weighted by Crippen LogP contribution is 1.91. The fraction of sp³-hybridized carbons (Fsp3) is 0.600. The molecule has 0 saturated heterocycles. The van der Waals surface area contributed by atoms with E-state index in [4.69, 9.17) is 0 Å². The first-order valence-corrected chi connectivity index (χ1v) is 2.52. The van der Waals surface area contributed by atoms with E-state index in [0.29, 0.717) is 0 Å². The number of nitroso groups, excluding NO2 is 1. The largest absolute Gasteiger partial charge is 0.300 e. The zero-order valence-corrected chi connectivity index (χ0v) is 5.09. The molecule has 0 aliphatic rings. The van der Waals surface area contributed by atoms with E-state index in [1.807, 2.05) is 0 Å². The van der Waals surface area contributed by atoms with E-state index in [2.05, 4.69) is 5.18 Å². The molecule has 9 heavy (non-hydrogen) atoms. The summed E-state index contributed by atoms with van der Waals surface area (Å²) in [6.07, 6.45) is 0.0589. The predicted octanol–water partition coefficient (Wildman–Crippen LogP) is 0.649. The molecule has 1 amide bonds. The Bertz CT molecular complexity index is 141. The maximum Gasteiger partial charge on any atom is 0.286 e. The van der Waals surface area contributed by atoms with Crippen molar-refractivity contribution in [1.82, 2.24) is 0 Å². The molecule has 0 N–H and O–H groups in total. The van der Waals surface area contributed by atoms with Crippen LogP contribution in [0.25, 0.3) is 0 Å². The summed E-state index contributed by atoms with van der Waals surface area (Å²) in [7, 11) is 0. The lowest BCUT2D eigenvalue weighted by atomic mass is 10.2. The Balaban J connectivity index is 3.39. The van der Waals surface area contributed by atoms with Gasteiger partial charge in [0.2, 0.25) is 0 Å². The van der Waals surface area contributed by atoms with Gasteiger partial charge in [0.1, 0.15) is 5.78 Å². The third-order valence-corrected chi connectivity index (χ3v) is 0.793. The molecule has 0 saturated carbocycles. The molecule has 50 valence electrons. The monoisotopic (exact) mass is 129 g/mol. The Morgan fingerprint density at radius 3 is 2.22 bits per heavy atom. The minimum absolute atomic E-state index is 0.0567. The van der Waals surface area contributed by atoms with Crippen LogP contribution in [0.15, 0.2) is 5.18 Å². The van der Waals surface area contributed by atoms with Crippen LogP contribution in [0.4, 0.5) is 0 Å². The van der Waals surface area contributed by atoms with Gasteiger partial charge in [-0.25, -0.2) is 0 Å². The predicted molar refractivity (Wildman–Crippen MR) is 30.7 cm³/mol. The second kappa shape index (κ2) is 3.88. The van der Waals surface area contributed by atoms with Crippen LogP contribution in [0.1, 0.15) is 19.8 Å². The highest BCUT2D eigenvalue weighted by atomic mass is 16.3. The second-order valence-corrected chi connectivity index (χ2v) is 1.69. The van der Waals surface area contributed by atoms with E-state index in [0.717, 1.165) is 0 Å². The van der Waals surface area contributed by atoms with Crippen LogP contribution >= 0.6 is 0 Å². The van der Waals surface area contributed by atoms with E-state index in [1.165, 1.54) is 6.92 Å². The van der Waals surface area contributed by atoms with Crippen molar-refractivity contribution in [3.05, 3.63) is 4.91 Å². The maximum absolute atomic E-state index is 10.2. The van der Waals surface area contributed by atoms with Crippen LogP contribution in [0, 0.1) is 4.91 Å². The molecule has 0 spiro atoms. The molecule has 0 unspecified atom stereocenters. The summed E-state index contributed by atoms with van der Waals surface area (Å²) in [5, 5.41) is 2.12. The van der Waals surface area contributed by atoms with Gasteiger partial charge in [0.05, 0.1) is 0 Å². The fourth-order valence-electron chi connectivity index (χ4n) is 0.329. The zero-order chi connectivity index (χ0) is 7.28. The lowest BCUT2D eigenvalue weighted by Gasteiger charge is -1.85. The van der Waals surface area contributed by atoms with E-state index in [1.54, 1.807) is 0 Å². The molecule has 0 radical (unpaired) electrons. The van der Waals surface area contributed by atoms with Crippen molar-refractivity contribution in [2.45, 2.75) is 19.8 Å². The third-order valence-electron chi connectivity index (χ3n) is 0.793. The van der Waals surface area contributed by atoms with E-state index >= 15 is 0 Å². The number of ketones is 1. The van der Waals surface area contributed by atoms with Crippen LogP contribution in [-0.4, -0.2) is 11.7 Å². The minimum atomic E-state index is -0.759. The fourth-order valence-corrected chi connectivity index (χ4v) is 0.329. The van der Waals surface area contributed by atoms with Gasteiger partial charge < -0.3 is 4.79 Å². The standard InChI is InChI=1S/C5H7NO3/c1-4(7)2-3-5(8)6-9/h2-3H2,1H3. The van der Waals surface area contributed by atoms with E-state index in [-0.39, 0.29) is 18.6 Å². The second-order valence-electron chi connectivity index (χ2n) is 1.69. The molecule has 0 aromatic heterocycles. The highest BCUT2D eigenvalue weighted by molar-refractivity contribution is 5.83. The van der Waals surface area contributed by atoms with Crippen LogP contribution in [0.3, 0.4) is 0 Å². The van der Waals surface area contributed by atoms with Gasteiger partial charge in [-0.3, -0.25) is 4.79 Å². The smallest absolute Gasteiger partial charge is 0.286 e. The van der Waals surface area contributed by atoms with Crippen LogP contribution < -0.4 is 0 Å². The first-order valence-electron chi connectivity index (χ1n) is 2.52. The topological polar surface area (TPSA) is 63.6 Å². The van der Waals surface area contributed by atoms with E-state index < -0.39 is 5.91 Å². The lowest BCUT2D eigenvalue weighted by molar-refractivity contribution is -0.122. The number of Topliss-reactive ketones (excluding diaryl/α,β-unsaturated/α-hetero) is 1. The molecule has 0 aliphatic heterocycles. The quantitative estimate of drug-likeness (QED) is 0.525. The SMILES string of the molecule is CC(=O)CCC(=O)N=O. The van der Waals surface area contributed by atoms with Crippen LogP contribution in [0.2, 0.25) is 0 Å². The van der Waals surface area contributed by atoms with Crippen molar-refractivity contribution in [1.29, 1.82) is 0 Å². The molecule has 0 aromatic carbocycles. The van der Waals surface area contributed by atoms with Gasteiger partial charge in [-0.2, -0.15) is 0 Å². The Kier molecular flexibility index (Phi) is 3.43. The summed E-state index contributed by atoms with van der Waals surface area (Å²) in [6, 6.07) is 0. The Morgan fingerprint density at radius 1 is 1.33 bits per heavy atom. The number of hydrogen-bond acceptors (Lipinski definition) is 3. The molecule has 0 aliphatic carbocycles. The molecule has 0 heterocycles. The van der Waals surface area contributed by atoms with Crippen molar-refractivity contribution < 1.29 is 9.59 Å². The van der Waals surface area contributed by atoms with Gasteiger partial charge in [0.25, 0.3) is 5.91 Å². The molecular weight excluding hydrogens is 122 g/mol. The molecule has 0 atom stereocenters. The number of rotatable bonds is 3. The number of amides is 1. The third kappa shape index (κ3) is 4.80. The summed E-state index contributed by atoms with van der Waals surface area (Å²) < 4.78 is 0. The molecular formula is C5H7NO3. The average Bonchev–Trinajstić information content (AvgIpc) is 1.83. The van der Waals surface area contributed by atoms with Crippen molar-refractivity contribution >= 4 is 11.7 Å². The number of carbonyl (C=O) groups excluding carboxylic acids is 2. The molecule has 0 aromatic rings. The molecule has 4 heteroatoms. The lowest BCUT2D eigenvalue weighted by Crippen LogP contribution is -1.96. The van der Waals surface area contributed by atoms with Gasteiger partial charge in [-0.1, -0.05) is 0 Å². The van der Waals surface area contributed by atoms with Gasteiger partial charge in [-0.05, 0) is 6.92 Å². The number of carbonyl (C=O) groups is 2.